The third-order valence-corrected chi connectivity index (χ3v) is 5.54. The monoisotopic (exact) mass is 386 g/mol. The molecule has 0 bridgehead atoms. The Labute approximate surface area is 160 Å². The van der Waals surface area contributed by atoms with Crippen LogP contribution >= 0.6 is 23.5 Å². The van der Waals surface area contributed by atoms with E-state index in [0.29, 0.717) is 11.0 Å². The summed E-state index contributed by atoms with van der Waals surface area (Å²) in [5.74, 6) is 1.41. The Bertz CT molecular complexity index is 864. The average molecular weight is 387 g/mol. The van der Waals surface area contributed by atoms with Crippen LogP contribution in [0.15, 0.2) is 41.6 Å². The molecule has 3 aromatic rings. The zero-order chi connectivity index (χ0) is 17.8. The number of nitrogens with zero attached hydrogens (tertiary/aromatic N) is 5. The quantitative estimate of drug-likeness (QED) is 0.669. The fourth-order valence-corrected chi connectivity index (χ4v) is 3.89. The van der Waals surface area contributed by atoms with E-state index >= 15 is 0 Å². The first kappa shape index (κ1) is 17.3. The van der Waals surface area contributed by atoms with Gasteiger partial charge in [-0.1, -0.05) is 6.07 Å². The minimum atomic E-state index is 0.619. The van der Waals surface area contributed by atoms with E-state index in [2.05, 4.69) is 35.0 Å². The highest BCUT2D eigenvalue weighted by Crippen LogP contribution is 2.26. The summed E-state index contributed by atoms with van der Waals surface area (Å²) < 4.78 is 12.1. The number of rotatable bonds is 5. The molecule has 3 aromatic heterocycles. The molecule has 0 aliphatic carbocycles. The van der Waals surface area contributed by atoms with Crippen molar-refractivity contribution >= 4 is 34.4 Å². The van der Waals surface area contributed by atoms with E-state index in [4.69, 9.17) is 4.74 Å². The van der Waals surface area contributed by atoms with Gasteiger partial charge in [0.2, 0.25) is 5.13 Å². The maximum absolute atomic E-state index is 5.37. The zero-order valence-corrected chi connectivity index (χ0v) is 15.9. The zero-order valence-electron chi connectivity index (χ0n) is 14.3. The van der Waals surface area contributed by atoms with Crippen LogP contribution in [0, 0.1) is 6.92 Å². The second-order valence-corrected chi connectivity index (χ2v) is 7.65. The first-order valence-electron chi connectivity index (χ1n) is 8.27. The van der Waals surface area contributed by atoms with Gasteiger partial charge < -0.3 is 10.1 Å². The molecule has 4 heterocycles. The molecule has 0 amide bonds. The summed E-state index contributed by atoms with van der Waals surface area (Å²) >= 11 is 3.01. The molecule has 134 valence electrons. The normalized spacial score (nSPS) is 15.1. The van der Waals surface area contributed by atoms with Crippen LogP contribution < -0.4 is 5.32 Å². The molecule has 9 heteroatoms. The lowest BCUT2D eigenvalue weighted by molar-refractivity contribution is 0.0773. The highest BCUT2D eigenvalue weighted by atomic mass is 32.2. The number of morpholine rings is 1. The molecule has 7 nitrogen and oxygen atoms in total. The number of ether oxygens (including phenoxy) is 1. The van der Waals surface area contributed by atoms with Crippen molar-refractivity contribution in [3.05, 3.63) is 42.2 Å². The second kappa shape index (κ2) is 8.09. The van der Waals surface area contributed by atoms with E-state index in [1.807, 2.05) is 31.3 Å². The first-order chi connectivity index (χ1) is 12.8. The third-order valence-electron chi connectivity index (χ3n) is 3.83. The second-order valence-electron chi connectivity index (χ2n) is 5.73. The van der Waals surface area contributed by atoms with Crippen LogP contribution in [-0.4, -0.2) is 49.9 Å². The summed E-state index contributed by atoms with van der Waals surface area (Å²) in [6.07, 6.45) is 3.62. The molecule has 0 spiro atoms. The number of aryl methyl sites for hydroxylation is 1. The van der Waals surface area contributed by atoms with Crippen molar-refractivity contribution in [2.45, 2.75) is 11.8 Å². The van der Waals surface area contributed by atoms with E-state index in [1.165, 1.54) is 11.5 Å². The van der Waals surface area contributed by atoms with Crippen molar-refractivity contribution in [2.75, 3.05) is 31.6 Å². The maximum atomic E-state index is 5.37. The Kier molecular flexibility index (Phi) is 5.40. The summed E-state index contributed by atoms with van der Waals surface area (Å²) in [6.45, 7) is 5.44. The van der Waals surface area contributed by atoms with Crippen LogP contribution in [-0.2, 0) is 4.74 Å². The van der Waals surface area contributed by atoms with Gasteiger partial charge in [-0.15, -0.1) is 0 Å². The Morgan fingerprint density at radius 2 is 2.08 bits per heavy atom. The highest BCUT2D eigenvalue weighted by Gasteiger charge is 2.13. The molecular weight excluding hydrogens is 368 g/mol. The van der Waals surface area contributed by atoms with Gasteiger partial charge in [-0.2, -0.15) is 9.36 Å². The van der Waals surface area contributed by atoms with Gasteiger partial charge in [-0.05, 0) is 42.6 Å². The smallest absolute Gasteiger partial charge is 0.208 e. The summed E-state index contributed by atoms with van der Waals surface area (Å²) in [7, 11) is 0. The van der Waals surface area contributed by atoms with E-state index in [9.17, 15) is 0 Å². The van der Waals surface area contributed by atoms with Gasteiger partial charge in [-0.25, -0.2) is 9.29 Å². The van der Waals surface area contributed by atoms with Crippen molar-refractivity contribution in [1.29, 1.82) is 0 Å². The lowest BCUT2D eigenvalue weighted by Crippen LogP contribution is -2.30. The molecule has 1 saturated heterocycles. The van der Waals surface area contributed by atoms with E-state index in [0.717, 1.165) is 48.3 Å². The van der Waals surface area contributed by atoms with Gasteiger partial charge in [0.05, 0.1) is 13.2 Å². The summed E-state index contributed by atoms with van der Waals surface area (Å²) in [6, 6.07) is 7.93. The van der Waals surface area contributed by atoms with Gasteiger partial charge in [-0.3, -0.25) is 4.98 Å². The molecule has 1 aliphatic heterocycles. The molecule has 1 fully saturated rings. The van der Waals surface area contributed by atoms with Crippen molar-refractivity contribution < 1.29 is 4.74 Å². The predicted molar refractivity (Wildman–Crippen MR) is 104 cm³/mol. The number of anilines is 2. The molecule has 4 rings (SSSR count). The highest BCUT2D eigenvalue weighted by molar-refractivity contribution is 7.97. The number of pyridine rings is 2. The first-order valence-corrected chi connectivity index (χ1v) is 9.82. The number of aromatic nitrogens is 4. The molecule has 0 saturated carbocycles. The van der Waals surface area contributed by atoms with Crippen molar-refractivity contribution in [3.63, 3.8) is 0 Å². The van der Waals surface area contributed by atoms with E-state index in [-0.39, 0.29) is 0 Å². The fourth-order valence-electron chi connectivity index (χ4n) is 2.45. The van der Waals surface area contributed by atoms with Crippen molar-refractivity contribution in [1.82, 2.24) is 23.6 Å². The molecule has 26 heavy (non-hydrogen) atoms. The lowest BCUT2D eigenvalue weighted by Gasteiger charge is -2.25. The summed E-state index contributed by atoms with van der Waals surface area (Å²) in [4.78, 5) is 14.5. The predicted octanol–water partition coefficient (Wildman–Crippen LogP) is 3.39. The molecule has 0 atom stereocenters. The summed E-state index contributed by atoms with van der Waals surface area (Å²) in [5, 5.41) is 3.92. The van der Waals surface area contributed by atoms with Crippen molar-refractivity contribution in [2.24, 2.45) is 0 Å². The minimum absolute atomic E-state index is 0.619. The SMILES string of the molecule is Cc1cccnc1Nc1nc(-c2ccc(SN3CCOCC3)cn2)ns1. The van der Waals surface area contributed by atoms with Crippen LogP contribution in [0.3, 0.4) is 0 Å². The molecule has 0 radical (unpaired) electrons. The number of hydrogen-bond donors (Lipinski definition) is 1. The maximum Gasteiger partial charge on any atom is 0.208 e. The van der Waals surface area contributed by atoms with Gasteiger partial charge in [0.25, 0.3) is 0 Å². The standard InChI is InChI=1S/C17H18N6OS2/c1-12-3-2-6-18-15(12)20-17-21-16(22-25-17)14-5-4-13(11-19-14)26-23-7-9-24-10-8-23/h2-6,11H,7-10H2,1H3,(H,18,20,21,22). The molecule has 1 N–H and O–H groups in total. The largest absolute Gasteiger partial charge is 0.379 e. The molecular formula is C17H18N6OS2. The molecule has 1 aliphatic rings. The van der Waals surface area contributed by atoms with Crippen LogP contribution in [0.2, 0.25) is 0 Å². The van der Waals surface area contributed by atoms with Crippen LogP contribution in [0.25, 0.3) is 11.5 Å². The van der Waals surface area contributed by atoms with Gasteiger partial charge in [0.15, 0.2) is 5.82 Å². The van der Waals surface area contributed by atoms with Crippen LogP contribution in [0.4, 0.5) is 10.9 Å². The molecule has 0 aromatic carbocycles. The Balaban J connectivity index is 1.43. The Morgan fingerprint density at radius 3 is 2.85 bits per heavy atom. The van der Waals surface area contributed by atoms with Crippen LogP contribution in [0.5, 0.6) is 0 Å². The number of nitrogens with one attached hydrogen (secondary N) is 1. The van der Waals surface area contributed by atoms with Crippen molar-refractivity contribution in [3.8, 4) is 11.5 Å². The minimum Gasteiger partial charge on any atom is -0.379 e. The van der Waals surface area contributed by atoms with E-state index in [1.54, 1.807) is 18.1 Å². The lowest BCUT2D eigenvalue weighted by atomic mass is 10.3. The van der Waals surface area contributed by atoms with Gasteiger partial charge in [0, 0.05) is 41.9 Å². The fraction of sp³-hybridized carbons (Fsp3) is 0.294. The summed E-state index contributed by atoms with van der Waals surface area (Å²) in [5.41, 5.74) is 1.82. The Hall–Kier alpha value is -2.07. The Morgan fingerprint density at radius 1 is 1.19 bits per heavy atom. The average Bonchev–Trinajstić information content (AvgIpc) is 3.14. The topological polar surface area (TPSA) is 76.1 Å². The van der Waals surface area contributed by atoms with Gasteiger partial charge >= 0.3 is 0 Å². The van der Waals surface area contributed by atoms with Crippen LogP contribution in [0.1, 0.15) is 5.56 Å². The molecule has 0 unspecified atom stereocenters. The third kappa shape index (κ3) is 4.18. The number of hydrogen-bond acceptors (Lipinski definition) is 9. The van der Waals surface area contributed by atoms with E-state index < -0.39 is 0 Å². The van der Waals surface area contributed by atoms with Gasteiger partial charge in [0.1, 0.15) is 11.5 Å².